The molecule has 0 N–H and O–H groups in total. The Morgan fingerprint density at radius 1 is 0.500 bits per heavy atom. The highest BCUT2D eigenvalue weighted by molar-refractivity contribution is 7.82. The van der Waals surface area contributed by atoms with Gasteiger partial charge >= 0.3 is 0 Å². The summed E-state index contributed by atoms with van der Waals surface area (Å²) in [5, 5.41) is 0. The lowest BCUT2D eigenvalue weighted by Crippen LogP contribution is -2.17. The molecule has 0 fully saturated rings. The van der Waals surface area contributed by atoms with Crippen LogP contribution in [0.1, 0.15) is 23.2 Å². The zero-order valence-corrected chi connectivity index (χ0v) is 17.9. The van der Waals surface area contributed by atoms with Crippen molar-refractivity contribution in [3.05, 3.63) is 120 Å². The fourth-order valence-corrected chi connectivity index (χ4v) is 3.78. The van der Waals surface area contributed by atoms with Gasteiger partial charge in [-0.3, -0.25) is 9.98 Å². The molecule has 0 aromatic heterocycles. The number of allylic oxidation sites excluding steroid dienone is 8. The van der Waals surface area contributed by atoms with Crippen LogP contribution in [0.3, 0.4) is 0 Å². The predicted molar refractivity (Wildman–Crippen MR) is 135 cm³/mol. The fourth-order valence-electron chi connectivity index (χ4n) is 3.38. The molecule has 0 aliphatic heterocycles. The van der Waals surface area contributed by atoms with E-state index >= 15 is 0 Å². The average Bonchev–Trinajstić information content (AvgIpc) is 2.80. The van der Waals surface area contributed by atoms with Crippen LogP contribution in [0, 0.1) is 0 Å². The number of hydrogen-bond acceptors (Lipinski definition) is 4. The van der Waals surface area contributed by atoms with Gasteiger partial charge in [0.05, 0.1) is 21.2 Å². The lowest BCUT2D eigenvalue weighted by atomic mass is 9.93. The van der Waals surface area contributed by atoms with Crippen LogP contribution in [0.4, 0.5) is 0 Å². The highest BCUT2D eigenvalue weighted by Crippen LogP contribution is 2.36. The molecule has 146 valence electrons. The van der Waals surface area contributed by atoms with E-state index in [1.807, 2.05) is 85.0 Å². The summed E-state index contributed by atoms with van der Waals surface area (Å²) in [6.07, 6.45) is 15.5. The number of thiocarbonyl (C=S) groups is 2. The molecule has 0 spiro atoms. The van der Waals surface area contributed by atoms with Crippen LogP contribution in [-0.2, 0) is 0 Å². The summed E-state index contributed by atoms with van der Waals surface area (Å²) in [5.74, 6) is 0. The third-order valence-corrected chi connectivity index (χ3v) is 5.56. The van der Waals surface area contributed by atoms with E-state index in [1.54, 1.807) is 0 Å². The summed E-state index contributed by atoms with van der Waals surface area (Å²) in [7, 11) is 0. The molecule has 2 nitrogen and oxygen atoms in total. The molecular formula is C26H20N2S2. The summed E-state index contributed by atoms with van der Waals surface area (Å²) in [6, 6.07) is 20.0. The molecule has 0 saturated carbocycles. The van der Waals surface area contributed by atoms with E-state index in [-0.39, 0.29) is 12.1 Å². The Morgan fingerprint density at radius 3 is 1.23 bits per heavy atom. The Labute approximate surface area is 187 Å². The van der Waals surface area contributed by atoms with E-state index in [0.717, 1.165) is 32.3 Å². The number of nitrogens with zero attached hydrogens (tertiary/aromatic N) is 2. The van der Waals surface area contributed by atoms with Gasteiger partial charge in [-0.25, -0.2) is 0 Å². The third kappa shape index (κ3) is 4.73. The SMILES string of the molecule is S=C1C=CC=CC1=NC(c1ccccc1)C(N=C1C=CC=CC1=S)c1ccccc1. The highest BCUT2D eigenvalue weighted by atomic mass is 32.1. The lowest BCUT2D eigenvalue weighted by Gasteiger charge is -2.24. The minimum absolute atomic E-state index is 0.243. The summed E-state index contributed by atoms with van der Waals surface area (Å²) >= 11 is 11.1. The van der Waals surface area contributed by atoms with E-state index in [4.69, 9.17) is 34.4 Å². The first-order chi connectivity index (χ1) is 14.7. The maximum absolute atomic E-state index is 5.53. The predicted octanol–water partition coefficient (Wildman–Crippen LogP) is 6.34. The highest BCUT2D eigenvalue weighted by Gasteiger charge is 2.26. The smallest absolute Gasteiger partial charge is 0.102 e. The first-order valence-corrected chi connectivity index (χ1v) is 10.6. The van der Waals surface area contributed by atoms with Crippen LogP contribution >= 0.6 is 24.4 Å². The van der Waals surface area contributed by atoms with Crippen LogP contribution in [0.25, 0.3) is 0 Å². The normalized spacial score (nSPS) is 20.1. The Bertz CT molecular complexity index is 1030. The Hall–Kier alpha value is -3.08. The zero-order chi connectivity index (χ0) is 20.8. The van der Waals surface area contributed by atoms with Gasteiger partial charge in [0.1, 0.15) is 12.1 Å². The molecule has 0 radical (unpaired) electrons. The molecule has 0 bridgehead atoms. The van der Waals surface area contributed by atoms with E-state index in [2.05, 4.69) is 24.3 Å². The van der Waals surface area contributed by atoms with Crippen molar-refractivity contribution < 1.29 is 0 Å². The molecule has 0 amide bonds. The third-order valence-electron chi connectivity index (χ3n) is 4.87. The van der Waals surface area contributed by atoms with Gasteiger partial charge in [-0.1, -0.05) is 109 Å². The Balaban J connectivity index is 1.87. The number of benzene rings is 2. The molecule has 4 rings (SSSR count). The molecule has 2 unspecified atom stereocenters. The Kier molecular flexibility index (Phi) is 6.47. The largest absolute Gasteiger partial charge is 0.273 e. The second kappa shape index (κ2) is 9.61. The monoisotopic (exact) mass is 424 g/mol. The fraction of sp³-hybridized carbons (Fsp3) is 0.0769. The van der Waals surface area contributed by atoms with E-state index in [1.165, 1.54) is 0 Å². The maximum atomic E-state index is 5.53. The second-order valence-electron chi connectivity index (χ2n) is 6.90. The maximum Gasteiger partial charge on any atom is 0.102 e. The van der Waals surface area contributed by atoms with Crippen molar-refractivity contribution in [3.63, 3.8) is 0 Å². The number of hydrogen-bond donors (Lipinski definition) is 0. The van der Waals surface area contributed by atoms with Gasteiger partial charge in [0.15, 0.2) is 0 Å². The van der Waals surface area contributed by atoms with Crippen molar-refractivity contribution in [1.29, 1.82) is 0 Å². The zero-order valence-electron chi connectivity index (χ0n) is 16.3. The van der Waals surface area contributed by atoms with Gasteiger partial charge in [-0.15, -0.1) is 0 Å². The van der Waals surface area contributed by atoms with E-state index in [9.17, 15) is 0 Å². The van der Waals surface area contributed by atoms with Gasteiger partial charge in [-0.2, -0.15) is 0 Å². The molecule has 30 heavy (non-hydrogen) atoms. The minimum Gasteiger partial charge on any atom is -0.273 e. The lowest BCUT2D eigenvalue weighted by molar-refractivity contribution is 0.582. The second-order valence-corrected chi connectivity index (χ2v) is 7.78. The molecule has 2 aromatic rings. The van der Waals surface area contributed by atoms with Crippen LogP contribution in [0.5, 0.6) is 0 Å². The van der Waals surface area contributed by atoms with Crippen molar-refractivity contribution in [2.75, 3.05) is 0 Å². The van der Waals surface area contributed by atoms with Gasteiger partial charge in [0, 0.05) is 0 Å². The average molecular weight is 425 g/mol. The van der Waals surface area contributed by atoms with E-state index in [0.29, 0.717) is 0 Å². The first-order valence-electron chi connectivity index (χ1n) is 9.76. The Morgan fingerprint density at radius 2 is 0.867 bits per heavy atom. The van der Waals surface area contributed by atoms with Gasteiger partial charge in [0.2, 0.25) is 0 Å². The number of rotatable bonds is 5. The number of aliphatic imine (C=N–C) groups is 2. The molecule has 2 aromatic carbocycles. The van der Waals surface area contributed by atoms with Crippen molar-refractivity contribution in [2.45, 2.75) is 12.1 Å². The van der Waals surface area contributed by atoms with Gasteiger partial charge in [0.25, 0.3) is 0 Å². The molecule has 4 heteroatoms. The quantitative estimate of drug-likeness (QED) is 0.523. The minimum atomic E-state index is -0.243. The summed E-state index contributed by atoms with van der Waals surface area (Å²) in [5.41, 5.74) is 3.75. The van der Waals surface area contributed by atoms with Gasteiger partial charge < -0.3 is 0 Å². The molecular weight excluding hydrogens is 404 g/mol. The van der Waals surface area contributed by atoms with Gasteiger partial charge in [-0.05, 0) is 35.4 Å². The van der Waals surface area contributed by atoms with Crippen molar-refractivity contribution in [3.8, 4) is 0 Å². The molecule has 2 aliphatic carbocycles. The van der Waals surface area contributed by atoms with Crippen molar-refractivity contribution in [1.82, 2.24) is 0 Å². The molecule has 0 heterocycles. The summed E-state index contributed by atoms with van der Waals surface area (Å²) in [4.78, 5) is 11.7. The standard InChI is InChI=1S/C26H20N2S2/c29-23-17-9-7-15-21(23)27-25(19-11-3-1-4-12-19)26(20-13-5-2-6-14-20)28-22-16-8-10-18-24(22)30/h1-18,25-26H. The van der Waals surface area contributed by atoms with Crippen LogP contribution in [-0.4, -0.2) is 21.2 Å². The van der Waals surface area contributed by atoms with Crippen molar-refractivity contribution >= 4 is 45.6 Å². The summed E-state index contributed by atoms with van der Waals surface area (Å²) in [6.45, 7) is 0. The molecule has 2 aliphatic rings. The van der Waals surface area contributed by atoms with Crippen molar-refractivity contribution in [2.24, 2.45) is 9.98 Å². The van der Waals surface area contributed by atoms with Crippen LogP contribution in [0.2, 0.25) is 0 Å². The molecule has 0 saturated heterocycles. The van der Waals surface area contributed by atoms with Crippen LogP contribution in [0.15, 0.2) is 119 Å². The first kappa shape index (κ1) is 20.2. The van der Waals surface area contributed by atoms with Crippen LogP contribution < -0.4 is 0 Å². The summed E-state index contributed by atoms with van der Waals surface area (Å²) < 4.78 is 0. The topological polar surface area (TPSA) is 24.7 Å². The molecule has 2 atom stereocenters. The van der Waals surface area contributed by atoms with E-state index < -0.39 is 0 Å².